The molecule has 1 aromatic carbocycles. The number of imide groups is 1. The van der Waals surface area contributed by atoms with Crippen LogP contribution < -0.4 is 15.4 Å². The number of amides is 3. The van der Waals surface area contributed by atoms with Gasteiger partial charge in [0, 0.05) is 17.7 Å². The number of nitro groups is 1. The van der Waals surface area contributed by atoms with Crippen LogP contribution in [0.25, 0.3) is 0 Å². The van der Waals surface area contributed by atoms with E-state index in [-0.39, 0.29) is 17.4 Å². The van der Waals surface area contributed by atoms with Crippen molar-refractivity contribution in [3.05, 3.63) is 33.9 Å². The standard InChI is InChI=1S/C14H17N3O6/c1-8(2)15-14(20)16-13(19)9(3)23-12-5-4-10(7-18)6-11(12)17(21)22/h4-9H,1-3H3,(H2,15,16,19,20)/t9-/m1/s1. The Morgan fingerprint density at radius 1 is 1.30 bits per heavy atom. The van der Waals surface area contributed by atoms with Crippen molar-refractivity contribution >= 4 is 23.9 Å². The first kappa shape index (κ1) is 18.1. The Morgan fingerprint density at radius 3 is 2.48 bits per heavy atom. The molecular weight excluding hydrogens is 306 g/mol. The van der Waals surface area contributed by atoms with Crippen molar-refractivity contribution in [2.75, 3.05) is 0 Å². The number of hydrogen-bond donors (Lipinski definition) is 2. The normalized spacial score (nSPS) is 11.5. The zero-order chi connectivity index (χ0) is 17.6. The smallest absolute Gasteiger partial charge is 0.321 e. The van der Waals surface area contributed by atoms with E-state index in [9.17, 15) is 24.5 Å². The number of benzene rings is 1. The first-order chi connectivity index (χ1) is 10.7. The largest absolute Gasteiger partial charge is 0.474 e. The van der Waals surface area contributed by atoms with Gasteiger partial charge in [0.05, 0.1) is 4.92 Å². The monoisotopic (exact) mass is 323 g/mol. The van der Waals surface area contributed by atoms with Crippen molar-refractivity contribution in [3.63, 3.8) is 0 Å². The van der Waals surface area contributed by atoms with Gasteiger partial charge in [-0.05, 0) is 32.9 Å². The van der Waals surface area contributed by atoms with Crippen LogP contribution in [0.3, 0.4) is 0 Å². The lowest BCUT2D eigenvalue weighted by Gasteiger charge is -2.15. The summed E-state index contributed by atoms with van der Waals surface area (Å²) in [6.45, 7) is 4.79. The molecule has 0 aliphatic carbocycles. The summed E-state index contributed by atoms with van der Waals surface area (Å²) in [4.78, 5) is 44.2. The van der Waals surface area contributed by atoms with E-state index in [1.54, 1.807) is 13.8 Å². The maximum atomic E-state index is 11.8. The van der Waals surface area contributed by atoms with Gasteiger partial charge in [0.1, 0.15) is 6.29 Å². The highest BCUT2D eigenvalue weighted by molar-refractivity contribution is 5.96. The van der Waals surface area contributed by atoms with E-state index in [1.807, 2.05) is 0 Å². The zero-order valence-electron chi connectivity index (χ0n) is 12.9. The summed E-state index contributed by atoms with van der Waals surface area (Å²) in [7, 11) is 0. The third kappa shape index (κ3) is 5.38. The molecule has 1 rings (SSSR count). The molecule has 3 amide bonds. The van der Waals surface area contributed by atoms with E-state index in [0.717, 1.165) is 6.07 Å². The van der Waals surface area contributed by atoms with Crippen LogP contribution in [-0.4, -0.2) is 35.3 Å². The lowest BCUT2D eigenvalue weighted by molar-refractivity contribution is -0.386. The van der Waals surface area contributed by atoms with Crippen molar-refractivity contribution in [2.24, 2.45) is 0 Å². The van der Waals surface area contributed by atoms with Gasteiger partial charge in [-0.3, -0.25) is 25.0 Å². The highest BCUT2D eigenvalue weighted by Crippen LogP contribution is 2.28. The van der Waals surface area contributed by atoms with E-state index in [1.165, 1.54) is 19.1 Å². The van der Waals surface area contributed by atoms with Gasteiger partial charge in [0.15, 0.2) is 11.9 Å². The Kier molecular flexibility index (Phi) is 6.19. The maximum absolute atomic E-state index is 11.8. The SMILES string of the molecule is CC(C)NC(=O)NC(=O)[C@@H](C)Oc1ccc(C=O)cc1[N+](=O)[O-]. The van der Waals surface area contributed by atoms with Crippen LogP contribution in [0, 0.1) is 10.1 Å². The van der Waals surface area contributed by atoms with Gasteiger partial charge >= 0.3 is 11.7 Å². The van der Waals surface area contributed by atoms with Crippen molar-refractivity contribution in [1.82, 2.24) is 10.6 Å². The molecule has 0 saturated heterocycles. The van der Waals surface area contributed by atoms with Crippen LogP contribution >= 0.6 is 0 Å². The molecule has 0 aliphatic rings. The molecule has 1 aromatic rings. The van der Waals surface area contributed by atoms with E-state index in [4.69, 9.17) is 4.74 Å². The number of urea groups is 1. The number of carbonyl (C=O) groups is 3. The molecule has 0 saturated carbocycles. The van der Waals surface area contributed by atoms with Crippen LogP contribution in [0.15, 0.2) is 18.2 Å². The van der Waals surface area contributed by atoms with Gasteiger partial charge < -0.3 is 10.1 Å². The molecule has 1 atom stereocenters. The molecule has 0 radical (unpaired) electrons. The van der Waals surface area contributed by atoms with E-state index in [0.29, 0.717) is 6.29 Å². The Morgan fingerprint density at radius 2 is 1.96 bits per heavy atom. The predicted octanol–water partition coefficient (Wildman–Crippen LogP) is 1.41. The van der Waals surface area contributed by atoms with Gasteiger partial charge in [-0.25, -0.2) is 4.79 Å². The highest BCUT2D eigenvalue weighted by Gasteiger charge is 2.23. The second-order valence-electron chi connectivity index (χ2n) is 4.98. The molecule has 0 spiro atoms. The van der Waals surface area contributed by atoms with E-state index in [2.05, 4.69) is 10.6 Å². The molecule has 0 aromatic heterocycles. The van der Waals surface area contributed by atoms with Gasteiger partial charge in [-0.1, -0.05) is 0 Å². The topological polar surface area (TPSA) is 128 Å². The molecule has 2 N–H and O–H groups in total. The van der Waals surface area contributed by atoms with Crippen LogP contribution in [0.1, 0.15) is 31.1 Å². The van der Waals surface area contributed by atoms with Gasteiger partial charge in [-0.2, -0.15) is 0 Å². The zero-order valence-corrected chi connectivity index (χ0v) is 12.9. The average Bonchev–Trinajstić information content (AvgIpc) is 2.46. The molecule has 124 valence electrons. The summed E-state index contributed by atoms with van der Waals surface area (Å²) in [6, 6.07) is 2.74. The third-order valence-corrected chi connectivity index (χ3v) is 2.65. The minimum atomic E-state index is -1.14. The number of nitrogens with one attached hydrogen (secondary N) is 2. The first-order valence-corrected chi connectivity index (χ1v) is 6.76. The molecule has 0 aliphatic heterocycles. The van der Waals surface area contributed by atoms with Gasteiger partial charge in [-0.15, -0.1) is 0 Å². The Hall–Kier alpha value is -2.97. The van der Waals surface area contributed by atoms with Gasteiger partial charge in [0.2, 0.25) is 0 Å². The van der Waals surface area contributed by atoms with E-state index >= 15 is 0 Å². The summed E-state index contributed by atoms with van der Waals surface area (Å²) in [5, 5.41) is 15.5. The number of aldehydes is 1. The van der Waals surface area contributed by atoms with Crippen molar-refractivity contribution in [1.29, 1.82) is 0 Å². The number of hydrogen-bond acceptors (Lipinski definition) is 6. The summed E-state index contributed by atoms with van der Waals surface area (Å²) in [6.07, 6.45) is -0.683. The Labute approximate surface area is 132 Å². The van der Waals surface area contributed by atoms with E-state index < -0.39 is 28.7 Å². The van der Waals surface area contributed by atoms with Crippen molar-refractivity contribution in [3.8, 4) is 5.75 Å². The molecule has 23 heavy (non-hydrogen) atoms. The van der Waals surface area contributed by atoms with Crippen LogP contribution in [0.2, 0.25) is 0 Å². The lowest BCUT2D eigenvalue weighted by atomic mass is 10.2. The fraction of sp³-hybridized carbons (Fsp3) is 0.357. The number of carbonyl (C=O) groups excluding carboxylic acids is 3. The second kappa shape index (κ2) is 7.87. The summed E-state index contributed by atoms with van der Waals surface area (Å²) in [5.74, 6) is -0.926. The van der Waals surface area contributed by atoms with Crippen molar-refractivity contribution < 1.29 is 24.0 Å². The lowest BCUT2D eigenvalue weighted by Crippen LogP contribution is -2.47. The fourth-order valence-corrected chi connectivity index (χ4v) is 1.61. The molecule has 0 bridgehead atoms. The Bertz CT molecular complexity index is 629. The molecule has 9 heteroatoms. The molecule has 9 nitrogen and oxygen atoms in total. The maximum Gasteiger partial charge on any atom is 0.321 e. The summed E-state index contributed by atoms with van der Waals surface area (Å²) in [5.41, 5.74) is -0.335. The first-order valence-electron chi connectivity index (χ1n) is 6.76. The molecule has 0 unspecified atom stereocenters. The minimum absolute atomic E-state index is 0.109. The van der Waals surface area contributed by atoms with Crippen molar-refractivity contribution in [2.45, 2.75) is 32.9 Å². The quantitative estimate of drug-likeness (QED) is 0.463. The number of nitrogens with zero attached hydrogens (tertiary/aromatic N) is 1. The predicted molar refractivity (Wildman–Crippen MR) is 80.4 cm³/mol. The number of nitro benzene ring substituents is 1. The second-order valence-corrected chi connectivity index (χ2v) is 4.98. The number of rotatable bonds is 6. The summed E-state index contributed by atoms with van der Waals surface area (Å²) >= 11 is 0. The molecule has 0 heterocycles. The molecular formula is C14H17N3O6. The highest BCUT2D eigenvalue weighted by atomic mass is 16.6. The Balaban J connectivity index is 2.82. The molecule has 0 fully saturated rings. The average molecular weight is 323 g/mol. The van der Waals surface area contributed by atoms with Crippen LogP contribution in [0.5, 0.6) is 5.75 Å². The van der Waals surface area contributed by atoms with Crippen LogP contribution in [-0.2, 0) is 4.79 Å². The minimum Gasteiger partial charge on any atom is -0.474 e. The third-order valence-electron chi connectivity index (χ3n) is 2.65. The number of ether oxygens (including phenoxy) is 1. The van der Waals surface area contributed by atoms with Crippen LogP contribution in [0.4, 0.5) is 10.5 Å². The van der Waals surface area contributed by atoms with Gasteiger partial charge in [0.25, 0.3) is 5.91 Å². The fourth-order valence-electron chi connectivity index (χ4n) is 1.61. The summed E-state index contributed by atoms with van der Waals surface area (Å²) < 4.78 is 5.22.